The van der Waals surface area contributed by atoms with E-state index in [2.05, 4.69) is 14.5 Å². The van der Waals surface area contributed by atoms with Crippen LogP contribution in [0.5, 0.6) is 0 Å². The van der Waals surface area contributed by atoms with Gasteiger partial charge in [0.05, 0.1) is 23.8 Å². The zero-order chi connectivity index (χ0) is 28.6. The molecule has 0 bridgehead atoms. The molecule has 0 unspecified atom stereocenters. The minimum Gasteiger partial charge on any atom is -0.238 e. The highest BCUT2D eigenvalue weighted by molar-refractivity contribution is 5.89. The largest absolute Gasteiger partial charge is 0.523 e. The molecule has 0 saturated heterocycles. The van der Waals surface area contributed by atoms with Crippen molar-refractivity contribution in [3.05, 3.63) is 155 Å². The Kier molecular flexibility index (Phi) is 6.24. The van der Waals surface area contributed by atoms with Crippen molar-refractivity contribution in [3.8, 4) is 18.2 Å². The third kappa shape index (κ3) is 3.71. The molecule has 0 heterocycles. The van der Waals surface area contributed by atoms with Crippen molar-refractivity contribution in [2.75, 3.05) is 0 Å². The Labute approximate surface area is 227 Å². The van der Waals surface area contributed by atoms with Crippen LogP contribution in [0, 0.1) is 65.3 Å². The van der Waals surface area contributed by atoms with Gasteiger partial charge in [-0.2, -0.15) is 25.5 Å². The Bertz CT molecular complexity index is 1960. The third-order valence-corrected chi connectivity index (χ3v) is 6.93. The molecule has 5 rings (SSSR count). The molecule has 2 aliphatic rings. The minimum absolute atomic E-state index is 0.0649. The van der Waals surface area contributed by atoms with Crippen molar-refractivity contribution in [3.63, 3.8) is 0 Å². The lowest BCUT2D eigenvalue weighted by atomic mass is 9.94. The zero-order valence-corrected chi connectivity index (χ0v) is 20.5. The number of nitrogens with zero attached hydrogens (tertiary/aromatic N) is 6. The highest BCUT2D eigenvalue weighted by Crippen LogP contribution is 2.37. The fourth-order valence-electron chi connectivity index (χ4n) is 5.31. The number of benzene rings is 3. The Hall–Kier alpha value is -6.32. The first-order valence-electron chi connectivity index (χ1n) is 11.7. The standard InChI is InChI=1S/C32H12F2N6/c1-38-21-9-5-8-19(11-21)27-25(32(39-2)40-3)13-24-29(27)30(33)23-12-22(20(15-36)16-37)26(28(23)31(24)34)18-7-4-6-17(10-18)14-35/h4-11H,12-13H2. The summed E-state index contributed by atoms with van der Waals surface area (Å²) in [6, 6.07) is 18.1. The quantitative estimate of drug-likeness (QED) is 0.341. The van der Waals surface area contributed by atoms with Crippen LogP contribution in [0.3, 0.4) is 0 Å². The minimum atomic E-state index is -0.794. The van der Waals surface area contributed by atoms with Crippen LogP contribution in [0.25, 0.3) is 25.7 Å². The second kappa shape index (κ2) is 9.86. The summed E-state index contributed by atoms with van der Waals surface area (Å²) in [5, 5.41) is 28.5. The van der Waals surface area contributed by atoms with Gasteiger partial charge in [-0.3, -0.25) is 0 Å². The first-order valence-corrected chi connectivity index (χ1v) is 11.7. The van der Waals surface area contributed by atoms with Crippen molar-refractivity contribution in [1.29, 1.82) is 15.8 Å². The summed E-state index contributed by atoms with van der Waals surface area (Å²) in [7, 11) is 0. The molecule has 3 aromatic rings. The predicted octanol–water partition coefficient (Wildman–Crippen LogP) is 5.29. The van der Waals surface area contributed by atoms with Crippen LogP contribution >= 0.6 is 0 Å². The van der Waals surface area contributed by atoms with E-state index in [4.69, 9.17) is 19.7 Å². The molecule has 0 atom stereocenters. The van der Waals surface area contributed by atoms with Gasteiger partial charge < -0.3 is 0 Å². The predicted molar refractivity (Wildman–Crippen MR) is 140 cm³/mol. The zero-order valence-electron chi connectivity index (χ0n) is 20.5. The number of fused-ring (bicyclic) bond motifs is 2. The SMILES string of the molecule is [C-]#[N+]C([N+]#[C-])=C1Cc2c(F)c3c(c(F)c2=C1c1cccc([N+]#[C-])c1)CC(=C(C#N)C#N)C=3c1cccc(C#N)c1. The van der Waals surface area contributed by atoms with Gasteiger partial charge in [0, 0.05) is 34.4 Å². The molecular formula is C32H12F2N6. The summed E-state index contributed by atoms with van der Waals surface area (Å²) in [6.07, 6.45) is -0.488. The molecule has 0 spiro atoms. The Morgan fingerprint density at radius 2 is 1.30 bits per heavy atom. The molecule has 0 aromatic heterocycles. The lowest BCUT2D eigenvalue weighted by Gasteiger charge is -2.08. The van der Waals surface area contributed by atoms with Crippen LogP contribution in [-0.2, 0) is 12.8 Å². The van der Waals surface area contributed by atoms with E-state index in [9.17, 15) is 15.8 Å². The van der Waals surface area contributed by atoms with Crippen molar-refractivity contribution in [1.82, 2.24) is 0 Å². The van der Waals surface area contributed by atoms with Gasteiger partial charge in [0.25, 0.3) is 0 Å². The van der Waals surface area contributed by atoms with Crippen molar-refractivity contribution in [2.45, 2.75) is 12.8 Å². The van der Waals surface area contributed by atoms with Crippen molar-refractivity contribution in [2.24, 2.45) is 0 Å². The fraction of sp³-hybridized carbons (Fsp3) is 0.0625. The summed E-state index contributed by atoms with van der Waals surface area (Å²) in [5.74, 6) is -1.92. The first-order chi connectivity index (χ1) is 19.4. The Balaban J connectivity index is 2.02. The fourth-order valence-corrected chi connectivity index (χ4v) is 5.31. The average molecular weight is 518 g/mol. The van der Waals surface area contributed by atoms with Crippen LogP contribution in [0.15, 0.2) is 71.1 Å². The van der Waals surface area contributed by atoms with E-state index in [1.54, 1.807) is 36.4 Å². The van der Waals surface area contributed by atoms with E-state index in [1.165, 1.54) is 12.1 Å². The molecule has 0 fully saturated rings. The maximum Gasteiger partial charge on any atom is 0.523 e. The topological polar surface area (TPSA) is 84.5 Å². The number of rotatable bonds is 2. The number of halogens is 2. The van der Waals surface area contributed by atoms with Gasteiger partial charge in [-0.15, -0.1) is 0 Å². The van der Waals surface area contributed by atoms with Crippen LogP contribution in [0.2, 0.25) is 0 Å². The van der Waals surface area contributed by atoms with E-state index in [1.807, 2.05) is 18.2 Å². The van der Waals surface area contributed by atoms with Gasteiger partial charge in [0.2, 0.25) is 0 Å². The summed E-state index contributed by atoms with van der Waals surface area (Å²) in [5.41, 5.74) is 1.39. The van der Waals surface area contributed by atoms with Crippen LogP contribution in [0.4, 0.5) is 14.5 Å². The van der Waals surface area contributed by atoms with Crippen molar-refractivity contribution >= 4 is 16.8 Å². The number of nitriles is 3. The Morgan fingerprint density at radius 1 is 0.750 bits per heavy atom. The van der Waals surface area contributed by atoms with Gasteiger partial charge in [-0.1, -0.05) is 30.3 Å². The molecule has 0 N–H and O–H groups in total. The van der Waals surface area contributed by atoms with Crippen LogP contribution < -0.4 is 10.4 Å². The van der Waals surface area contributed by atoms with Gasteiger partial charge in [0.1, 0.15) is 42.5 Å². The highest BCUT2D eigenvalue weighted by atomic mass is 19.1. The molecule has 0 saturated carbocycles. The number of hydrogen-bond donors (Lipinski definition) is 0. The second-order valence-corrected chi connectivity index (χ2v) is 8.90. The van der Waals surface area contributed by atoms with Gasteiger partial charge in [-0.05, 0) is 46.0 Å². The molecule has 0 radical (unpaired) electrons. The highest BCUT2D eigenvalue weighted by Gasteiger charge is 2.36. The van der Waals surface area contributed by atoms with E-state index in [0.717, 1.165) is 0 Å². The summed E-state index contributed by atoms with van der Waals surface area (Å²) < 4.78 is 33.2. The van der Waals surface area contributed by atoms with Gasteiger partial charge in [0.15, 0.2) is 5.69 Å². The normalized spacial score (nSPS) is 12.7. The lowest BCUT2D eigenvalue weighted by Crippen LogP contribution is -2.27. The van der Waals surface area contributed by atoms with Gasteiger partial charge >= 0.3 is 5.82 Å². The summed E-state index contributed by atoms with van der Waals surface area (Å²) in [4.78, 5) is 10.0. The molecule has 2 aliphatic carbocycles. The first kappa shape index (κ1) is 25.3. The number of hydrogen-bond acceptors (Lipinski definition) is 3. The lowest BCUT2D eigenvalue weighted by molar-refractivity contribution is 0.567. The Morgan fingerprint density at radius 3 is 1.85 bits per heavy atom. The summed E-state index contributed by atoms with van der Waals surface area (Å²) >= 11 is 0. The molecule has 40 heavy (non-hydrogen) atoms. The van der Waals surface area contributed by atoms with E-state index < -0.39 is 11.6 Å². The number of allylic oxidation sites excluding steroid dienone is 3. The molecule has 184 valence electrons. The van der Waals surface area contributed by atoms with Gasteiger partial charge in [-0.25, -0.2) is 13.6 Å². The van der Waals surface area contributed by atoms with Crippen LogP contribution in [0.1, 0.15) is 27.8 Å². The third-order valence-electron chi connectivity index (χ3n) is 6.93. The maximum atomic E-state index is 16.6. The molecule has 3 aromatic carbocycles. The summed E-state index contributed by atoms with van der Waals surface area (Å²) in [6.45, 7) is 22.4. The van der Waals surface area contributed by atoms with E-state index in [-0.39, 0.29) is 79.3 Å². The van der Waals surface area contributed by atoms with E-state index in [0.29, 0.717) is 11.1 Å². The monoisotopic (exact) mass is 518 g/mol. The average Bonchev–Trinajstić information content (AvgIpc) is 3.58. The molecular weight excluding hydrogens is 506 g/mol. The molecule has 8 heteroatoms. The molecule has 0 aliphatic heterocycles. The van der Waals surface area contributed by atoms with E-state index >= 15 is 8.78 Å². The van der Waals surface area contributed by atoms with Crippen LogP contribution in [-0.4, -0.2) is 0 Å². The molecule has 6 nitrogen and oxygen atoms in total. The smallest absolute Gasteiger partial charge is 0.238 e. The second-order valence-electron chi connectivity index (χ2n) is 8.90. The molecule has 0 amide bonds. The maximum absolute atomic E-state index is 16.6. The van der Waals surface area contributed by atoms with Crippen molar-refractivity contribution < 1.29 is 8.78 Å².